The van der Waals surface area contributed by atoms with Gasteiger partial charge in [0.1, 0.15) is 17.2 Å². The number of phenolic OH excluding ortho intramolecular Hbond substituents is 3. The molecule has 0 radical (unpaired) electrons. The van der Waals surface area contributed by atoms with Crippen LogP contribution in [-0.4, -0.2) is 60.1 Å². The van der Waals surface area contributed by atoms with Gasteiger partial charge in [0.15, 0.2) is 9.84 Å². The van der Waals surface area contributed by atoms with Crippen molar-refractivity contribution in [1.82, 2.24) is 16.3 Å². The minimum absolute atomic E-state index is 0.0664. The van der Waals surface area contributed by atoms with Crippen LogP contribution in [0.4, 0.5) is 0 Å². The fourth-order valence-corrected chi connectivity index (χ4v) is 9.23. The van der Waals surface area contributed by atoms with Gasteiger partial charge >= 0.3 is 0 Å². The maximum absolute atomic E-state index is 12.4. The first-order chi connectivity index (χ1) is 41.9. The normalized spacial score (nSPS) is 11.4. The molecule has 0 heterocycles. The van der Waals surface area contributed by atoms with Crippen LogP contribution < -0.4 is 16.3 Å². The number of nitrogens with zero attached hydrogens (tertiary/aromatic N) is 3. The molecule has 0 bridgehead atoms. The standard InChI is InChI=1S/C23H19ClN2O4S.C23H19ClN2O2.C22H16Cl2N2O2/c1-16-5-8-20(9-6-16)31(29,30)12-11-17-3-2-4-18(13-17)15-25-26-23(28)19-7-10-22(27)21(24)14-19;24-21-15-20(12-13-22(21)27)23(28)26-25-16-19-11-5-10-18(14-19)9-4-8-17-6-2-1-3-7-17;23-19-9-6-15(7-10-19)4-5-16-2-1-3-17(12-16)14-25-26-22(28)18-8-11-21(27)20(24)13-18/h2-15,27H,1H3,(H,26,28);1-7,9-16,27H,8H2,(H,26,28);1-14,27H,(H,26,28)/b12-11+,25-15+;9-4+,25-16+;5-4+,25-14+. The molecule has 6 N–H and O–H groups in total. The molecule has 0 atom stereocenters. The number of carbonyl (C=O) groups excluding carboxylic acids is 3. The Hall–Kier alpha value is -9.87. The molecule has 0 saturated heterocycles. The third-order valence-corrected chi connectivity index (χ3v) is 14.7. The van der Waals surface area contributed by atoms with Crippen molar-refractivity contribution in [3.05, 3.63) is 305 Å². The molecule has 0 fully saturated rings. The molecule has 0 aliphatic rings. The minimum atomic E-state index is -3.55. The zero-order valence-electron chi connectivity index (χ0n) is 46.2. The Morgan fingerprint density at radius 3 is 1.24 bits per heavy atom. The van der Waals surface area contributed by atoms with E-state index >= 15 is 0 Å². The number of nitrogens with one attached hydrogen (secondary N) is 3. The second-order valence-corrected chi connectivity index (χ2v) is 22.2. The SMILES string of the molecule is Cc1ccc(S(=O)(=O)/C=C/c2cccc(/C=N/NC(=O)c3ccc(O)c(Cl)c3)c2)cc1.O=C(N/N=C/c1cccc(/C=C/Cc2ccccc2)c1)c1ccc(O)c(Cl)c1.O=C(N/N=C/c1cccc(/C=C/c2ccc(Cl)cc2)c1)c1ccc(O)c(Cl)c1. The van der Waals surface area contributed by atoms with Gasteiger partial charge < -0.3 is 15.3 Å². The highest BCUT2D eigenvalue weighted by Crippen LogP contribution is 2.26. The zero-order valence-corrected chi connectivity index (χ0v) is 50.0. The maximum atomic E-state index is 12.4. The third-order valence-electron chi connectivity index (χ3n) is 12.1. The lowest BCUT2D eigenvalue weighted by atomic mass is 10.1. The van der Waals surface area contributed by atoms with Crippen LogP contribution in [0.25, 0.3) is 24.3 Å². The number of rotatable bonds is 17. The Balaban J connectivity index is 0.000000187. The summed E-state index contributed by atoms with van der Waals surface area (Å²) in [7, 11) is -3.55. The molecule has 87 heavy (non-hydrogen) atoms. The van der Waals surface area contributed by atoms with E-state index in [0.29, 0.717) is 27.3 Å². The van der Waals surface area contributed by atoms with Crippen LogP contribution in [0.15, 0.2) is 238 Å². The maximum Gasteiger partial charge on any atom is 0.271 e. The minimum Gasteiger partial charge on any atom is -0.506 e. The van der Waals surface area contributed by atoms with E-state index in [4.69, 9.17) is 46.4 Å². The van der Waals surface area contributed by atoms with Gasteiger partial charge in [0, 0.05) is 27.1 Å². The number of hydrogen-bond acceptors (Lipinski definition) is 11. The summed E-state index contributed by atoms with van der Waals surface area (Å²) < 4.78 is 24.9. The van der Waals surface area contributed by atoms with Crippen LogP contribution in [0.5, 0.6) is 17.2 Å². The van der Waals surface area contributed by atoms with Crippen LogP contribution in [0.3, 0.4) is 0 Å². The van der Waals surface area contributed by atoms with Crippen molar-refractivity contribution < 1.29 is 38.1 Å². The van der Waals surface area contributed by atoms with Crippen LogP contribution in [0, 0.1) is 6.92 Å². The third kappa shape index (κ3) is 21.3. The molecule has 0 unspecified atom stereocenters. The van der Waals surface area contributed by atoms with E-state index in [9.17, 15) is 38.1 Å². The Bertz CT molecular complexity index is 4180. The summed E-state index contributed by atoms with van der Waals surface area (Å²) in [6, 6.07) is 59.5. The Labute approximate surface area is 523 Å². The first-order valence-electron chi connectivity index (χ1n) is 26.3. The molecule has 0 aromatic heterocycles. The number of aromatic hydroxyl groups is 3. The van der Waals surface area contributed by atoms with Gasteiger partial charge in [-0.15, -0.1) is 0 Å². The number of benzene rings is 9. The molecule has 0 saturated carbocycles. The first kappa shape index (κ1) is 64.7. The van der Waals surface area contributed by atoms with E-state index in [1.54, 1.807) is 61.0 Å². The van der Waals surface area contributed by atoms with Gasteiger partial charge in [-0.1, -0.05) is 185 Å². The number of carbonyl (C=O) groups is 3. The Morgan fingerprint density at radius 1 is 0.425 bits per heavy atom. The first-order valence-corrected chi connectivity index (χ1v) is 29.3. The number of allylic oxidation sites excluding steroid dienone is 1. The lowest BCUT2D eigenvalue weighted by Gasteiger charge is -2.02. The fourth-order valence-electron chi connectivity index (χ4n) is 7.55. The topological polar surface area (TPSA) is 219 Å². The molecule has 438 valence electrons. The average molecular weight is 1260 g/mol. The van der Waals surface area contributed by atoms with Gasteiger partial charge in [-0.05, 0) is 161 Å². The quantitative estimate of drug-likeness (QED) is 0.0292. The molecule has 0 aliphatic heterocycles. The molecule has 9 aromatic rings. The number of hydrogen-bond donors (Lipinski definition) is 6. The van der Waals surface area contributed by atoms with Crippen molar-refractivity contribution in [3.8, 4) is 17.2 Å². The molecule has 19 heteroatoms. The predicted molar refractivity (Wildman–Crippen MR) is 351 cm³/mol. The summed E-state index contributed by atoms with van der Waals surface area (Å²) in [4.78, 5) is 36.4. The molecule has 0 spiro atoms. The van der Waals surface area contributed by atoms with Crippen molar-refractivity contribution in [1.29, 1.82) is 0 Å². The molecular weight excluding hydrogens is 1200 g/mol. The highest BCUT2D eigenvalue weighted by molar-refractivity contribution is 7.94. The van der Waals surface area contributed by atoms with Crippen molar-refractivity contribution in [2.45, 2.75) is 18.2 Å². The molecule has 9 aromatic carbocycles. The summed E-state index contributed by atoms with van der Waals surface area (Å²) >= 11 is 23.3. The monoisotopic (exact) mass is 1250 g/mol. The number of phenols is 3. The van der Waals surface area contributed by atoms with Crippen molar-refractivity contribution in [2.24, 2.45) is 15.3 Å². The van der Waals surface area contributed by atoms with E-state index in [1.165, 1.54) is 72.5 Å². The smallest absolute Gasteiger partial charge is 0.271 e. The average Bonchev–Trinajstić information content (AvgIpc) is 3.60. The van der Waals surface area contributed by atoms with Crippen LogP contribution in [0.2, 0.25) is 20.1 Å². The van der Waals surface area contributed by atoms with Gasteiger partial charge in [0.25, 0.3) is 17.7 Å². The van der Waals surface area contributed by atoms with Crippen LogP contribution >= 0.6 is 46.4 Å². The van der Waals surface area contributed by atoms with Crippen molar-refractivity contribution >= 4 is 117 Å². The molecule has 0 aliphatic carbocycles. The van der Waals surface area contributed by atoms with Crippen LogP contribution in [-0.2, 0) is 16.3 Å². The number of halogens is 4. The molecule has 3 amide bonds. The summed E-state index contributed by atoms with van der Waals surface area (Å²) in [6.07, 6.45) is 15.1. The summed E-state index contributed by atoms with van der Waals surface area (Å²) in [5.74, 6) is -1.58. The number of sulfone groups is 1. The fraction of sp³-hybridized carbons (Fsp3) is 0.0294. The van der Waals surface area contributed by atoms with Gasteiger partial charge in [-0.2, -0.15) is 15.3 Å². The summed E-state index contributed by atoms with van der Waals surface area (Å²) in [6.45, 7) is 1.89. The second kappa shape index (κ2) is 32.4. The van der Waals surface area contributed by atoms with Crippen molar-refractivity contribution in [3.63, 3.8) is 0 Å². The second-order valence-electron chi connectivity index (χ2n) is 18.7. The van der Waals surface area contributed by atoms with Crippen LogP contribution in [0.1, 0.15) is 81.1 Å². The van der Waals surface area contributed by atoms with E-state index in [0.717, 1.165) is 45.2 Å². The van der Waals surface area contributed by atoms with Crippen molar-refractivity contribution in [2.75, 3.05) is 0 Å². The number of hydrazone groups is 3. The van der Waals surface area contributed by atoms with Gasteiger partial charge in [0.05, 0.1) is 38.6 Å². The lowest BCUT2D eigenvalue weighted by Crippen LogP contribution is -2.17. The number of aryl methyl sites for hydroxylation is 1. The molecular formula is C68H54Cl4N6O8S. The zero-order chi connectivity index (χ0) is 62.1. The molecule has 9 rings (SSSR count). The number of amides is 3. The highest BCUT2D eigenvalue weighted by atomic mass is 35.5. The van der Waals surface area contributed by atoms with Gasteiger partial charge in [0.2, 0.25) is 0 Å². The predicted octanol–water partition coefficient (Wildman–Crippen LogP) is 15.3. The summed E-state index contributed by atoms with van der Waals surface area (Å²) in [5.41, 5.74) is 16.5. The van der Waals surface area contributed by atoms with Gasteiger partial charge in [-0.25, -0.2) is 24.7 Å². The van der Waals surface area contributed by atoms with E-state index in [1.807, 2.05) is 110 Å². The summed E-state index contributed by atoms with van der Waals surface area (Å²) in [5, 5.41) is 42.2. The van der Waals surface area contributed by atoms with E-state index in [2.05, 4.69) is 55.9 Å². The van der Waals surface area contributed by atoms with E-state index < -0.39 is 27.6 Å². The molecule has 14 nitrogen and oxygen atoms in total. The van der Waals surface area contributed by atoms with E-state index in [-0.39, 0.29) is 42.8 Å². The lowest BCUT2D eigenvalue weighted by molar-refractivity contribution is 0.0947. The largest absolute Gasteiger partial charge is 0.506 e. The Morgan fingerprint density at radius 2 is 0.816 bits per heavy atom. The highest BCUT2D eigenvalue weighted by Gasteiger charge is 2.12. The Kier molecular flexibility index (Phi) is 24.1. The van der Waals surface area contributed by atoms with Gasteiger partial charge in [-0.3, -0.25) is 14.4 Å².